The van der Waals surface area contributed by atoms with Crippen molar-refractivity contribution in [1.82, 2.24) is 19.9 Å². The Morgan fingerprint density at radius 3 is 2.48 bits per heavy atom. The lowest BCUT2D eigenvalue weighted by Crippen LogP contribution is -2.21. The molecule has 0 saturated heterocycles. The number of benzene rings is 2. The summed E-state index contributed by atoms with van der Waals surface area (Å²) >= 11 is 6.30. The summed E-state index contributed by atoms with van der Waals surface area (Å²) < 4.78 is 0. The highest BCUT2D eigenvalue weighted by Crippen LogP contribution is 2.24. The molecule has 0 saturated carbocycles. The van der Waals surface area contributed by atoms with Gasteiger partial charge >= 0.3 is 0 Å². The van der Waals surface area contributed by atoms with E-state index in [0.717, 1.165) is 16.9 Å². The van der Waals surface area contributed by atoms with E-state index in [-0.39, 0.29) is 6.04 Å². The molecule has 2 heterocycles. The minimum absolute atomic E-state index is 0.000678. The van der Waals surface area contributed by atoms with Crippen LogP contribution >= 0.6 is 11.6 Å². The molecule has 33 heavy (non-hydrogen) atoms. The van der Waals surface area contributed by atoms with E-state index in [1.807, 2.05) is 67.4 Å². The standard InChI is InChI=1S/C25H22ClN7/c1-17(14-20-15-18(16-27)8-9-21(20)26)30-25-29-13-11-23(32-25)33(2)22-10-12-28-24(31-22)19-6-4-3-5-7-19/h3-13,15,17H,14H2,1-2H3,(H,29,30,32). The second kappa shape index (κ2) is 10.1. The van der Waals surface area contributed by atoms with E-state index in [1.54, 1.807) is 24.5 Å². The smallest absolute Gasteiger partial charge is 0.224 e. The van der Waals surface area contributed by atoms with E-state index < -0.39 is 0 Å². The Balaban J connectivity index is 1.49. The van der Waals surface area contributed by atoms with E-state index in [0.29, 0.717) is 34.6 Å². The van der Waals surface area contributed by atoms with Gasteiger partial charge in [0.2, 0.25) is 5.95 Å². The highest BCUT2D eigenvalue weighted by Gasteiger charge is 2.13. The van der Waals surface area contributed by atoms with Crippen molar-refractivity contribution >= 4 is 29.2 Å². The molecule has 0 aliphatic heterocycles. The summed E-state index contributed by atoms with van der Waals surface area (Å²) in [5.41, 5.74) is 2.44. The van der Waals surface area contributed by atoms with Gasteiger partial charge in [-0.1, -0.05) is 41.9 Å². The Hall–Kier alpha value is -4.02. The van der Waals surface area contributed by atoms with E-state index in [2.05, 4.69) is 31.3 Å². The average Bonchev–Trinajstić information content (AvgIpc) is 2.85. The molecular weight excluding hydrogens is 434 g/mol. The van der Waals surface area contributed by atoms with Crippen molar-refractivity contribution in [2.24, 2.45) is 0 Å². The van der Waals surface area contributed by atoms with Crippen LogP contribution in [-0.4, -0.2) is 33.0 Å². The first kappa shape index (κ1) is 22.2. The van der Waals surface area contributed by atoms with E-state index in [4.69, 9.17) is 16.9 Å². The third kappa shape index (κ3) is 5.43. The van der Waals surface area contributed by atoms with Crippen molar-refractivity contribution in [1.29, 1.82) is 5.26 Å². The van der Waals surface area contributed by atoms with Gasteiger partial charge in [-0.15, -0.1) is 0 Å². The van der Waals surface area contributed by atoms with Gasteiger partial charge in [-0.3, -0.25) is 0 Å². The van der Waals surface area contributed by atoms with Gasteiger partial charge < -0.3 is 10.2 Å². The predicted octanol–water partition coefficient (Wildman–Crippen LogP) is 5.27. The van der Waals surface area contributed by atoms with Crippen molar-refractivity contribution in [2.75, 3.05) is 17.3 Å². The fraction of sp³-hybridized carbons (Fsp3) is 0.160. The molecule has 1 atom stereocenters. The molecule has 0 spiro atoms. The van der Waals surface area contributed by atoms with Gasteiger partial charge in [-0.25, -0.2) is 15.0 Å². The molecule has 4 aromatic rings. The zero-order valence-corrected chi connectivity index (χ0v) is 19.0. The van der Waals surface area contributed by atoms with Gasteiger partial charge in [-0.2, -0.15) is 10.2 Å². The number of nitrogens with zero attached hydrogens (tertiary/aromatic N) is 6. The Labute approximate surface area is 197 Å². The summed E-state index contributed by atoms with van der Waals surface area (Å²) in [4.78, 5) is 20.0. The largest absolute Gasteiger partial charge is 0.351 e. The van der Waals surface area contributed by atoms with Crippen LogP contribution in [0.3, 0.4) is 0 Å². The topological polar surface area (TPSA) is 90.6 Å². The number of nitrogens with one attached hydrogen (secondary N) is 1. The van der Waals surface area contributed by atoms with Crippen molar-refractivity contribution < 1.29 is 0 Å². The third-order valence-corrected chi connectivity index (χ3v) is 5.45. The molecule has 1 N–H and O–H groups in total. The molecule has 2 aromatic carbocycles. The summed E-state index contributed by atoms with van der Waals surface area (Å²) in [5, 5.41) is 13.1. The first-order valence-electron chi connectivity index (χ1n) is 10.4. The lowest BCUT2D eigenvalue weighted by atomic mass is 10.0. The van der Waals surface area contributed by atoms with Crippen molar-refractivity contribution in [3.8, 4) is 17.5 Å². The number of halogens is 1. The second-order valence-corrected chi connectivity index (χ2v) is 7.98. The lowest BCUT2D eigenvalue weighted by Gasteiger charge is -2.19. The highest BCUT2D eigenvalue weighted by molar-refractivity contribution is 6.31. The number of anilines is 3. The molecule has 1 unspecified atom stereocenters. The monoisotopic (exact) mass is 455 g/mol. The van der Waals surface area contributed by atoms with Crippen LogP contribution in [0, 0.1) is 11.3 Å². The van der Waals surface area contributed by atoms with Crippen LogP contribution in [0.5, 0.6) is 0 Å². The first-order chi connectivity index (χ1) is 16.0. The van der Waals surface area contributed by atoms with Gasteiger partial charge in [-0.05, 0) is 49.2 Å². The first-order valence-corrected chi connectivity index (χ1v) is 10.8. The van der Waals surface area contributed by atoms with E-state index in [1.165, 1.54) is 0 Å². The second-order valence-electron chi connectivity index (χ2n) is 7.57. The molecule has 8 heteroatoms. The molecule has 0 bridgehead atoms. The average molecular weight is 456 g/mol. The van der Waals surface area contributed by atoms with Crippen LogP contribution < -0.4 is 10.2 Å². The fourth-order valence-corrected chi connectivity index (χ4v) is 3.58. The summed E-state index contributed by atoms with van der Waals surface area (Å²) in [5.74, 6) is 2.57. The summed E-state index contributed by atoms with van der Waals surface area (Å²) in [6, 6.07) is 20.9. The van der Waals surface area contributed by atoms with Crippen LogP contribution in [0.4, 0.5) is 17.6 Å². The number of aromatic nitrogens is 4. The molecule has 7 nitrogen and oxygen atoms in total. The zero-order valence-electron chi connectivity index (χ0n) is 18.3. The Morgan fingerprint density at radius 1 is 1.00 bits per heavy atom. The summed E-state index contributed by atoms with van der Waals surface area (Å²) in [6.07, 6.45) is 4.07. The van der Waals surface area contributed by atoms with Crippen LogP contribution in [0.2, 0.25) is 5.02 Å². The van der Waals surface area contributed by atoms with E-state index in [9.17, 15) is 0 Å². The zero-order chi connectivity index (χ0) is 23.2. The quantitative estimate of drug-likeness (QED) is 0.406. The maximum absolute atomic E-state index is 9.14. The minimum Gasteiger partial charge on any atom is -0.351 e. The van der Waals surface area contributed by atoms with Crippen LogP contribution in [0.15, 0.2) is 73.1 Å². The number of hydrogen-bond acceptors (Lipinski definition) is 7. The predicted molar refractivity (Wildman–Crippen MR) is 131 cm³/mol. The normalized spacial score (nSPS) is 11.5. The fourth-order valence-electron chi connectivity index (χ4n) is 3.39. The lowest BCUT2D eigenvalue weighted by molar-refractivity contribution is 0.776. The van der Waals surface area contributed by atoms with Gasteiger partial charge in [0.15, 0.2) is 5.82 Å². The molecular formula is C25H22ClN7. The van der Waals surface area contributed by atoms with Gasteiger partial charge in [0.25, 0.3) is 0 Å². The molecule has 0 aliphatic carbocycles. The molecule has 2 aromatic heterocycles. The summed E-state index contributed by atoms with van der Waals surface area (Å²) in [7, 11) is 1.90. The summed E-state index contributed by atoms with van der Waals surface area (Å²) in [6.45, 7) is 2.02. The van der Waals surface area contributed by atoms with Crippen molar-refractivity contribution in [2.45, 2.75) is 19.4 Å². The Bertz CT molecular complexity index is 1290. The Kier molecular flexibility index (Phi) is 6.77. The van der Waals surface area contributed by atoms with Gasteiger partial charge in [0.05, 0.1) is 11.6 Å². The van der Waals surface area contributed by atoms with E-state index >= 15 is 0 Å². The van der Waals surface area contributed by atoms with Crippen LogP contribution in [0.25, 0.3) is 11.4 Å². The Morgan fingerprint density at radius 2 is 1.73 bits per heavy atom. The molecule has 0 aliphatic rings. The van der Waals surface area contributed by atoms with Crippen LogP contribution in [0.1, 0.15) is 18.1 Å². The maximum Gasteiger partial charge on any atom is 0.224 e. The highest BCUT2D eigenvalue weighted by atomic mass is 35.5. The van der Waals surface area contributed by atoms with Crippen molar-refractivity contribution in [3.05, 3.63) is 89.2 Å². The SMILES string of the molecule is CC(Cc1cc(C#N)ccc1Cl)Nc1nccc(N(C)c2ccnc(-c3ccccc3)n2)n1. The third-order valence-electron chi connectivity index (χ3n) is 5.08. The number of hydrogen-bond donors (Lipinski definition) is 1. The molecule has 164 valence electrons. The maximum atomic E-state index is 9.14. The van der Waals surface area contributed by atoms with Gasteiger partial charge in [0.1, 0.15) is 11.6 Å². The molecule has 0 fully saturated rings. The van der Waals surface area contributed by atoms with Crippen molar-refractivity contribution in [3.63, 3.8) is 0 Å². The van der Waals surface area contributed by atoms with Gasteiger partial charge in [0, 0.05) is 36.1 Å². The molecule has 0 radical (unpaired) electrons. The van der Waals surface area contributed by atoms with Crippen LogP contribution in [-0.2, 0) is 6.42 Å². The molecule has 4 rings (SSSR count). The number of rotatable bonds is 7. The molecule has 0 amide bonds. The minimum atomic E-state index is 0.000678. The number of nitriles is 1.